The van der Waals surface area contributed by atoms with Gasteiger partial charge in [-0.05, 0) is 19.3 Å². The van der Waals surface area contributed by atoms with Crippen LogP contribution in [0.4, 0.5) is 0 Å². The lowest BCUT2D eigenvalue weighted by Gasteiger charge is -1.79. The number of rotatable bonds is 1. The summed E-state index contributed by atoms with van der Waals surface area (Å²) in [5, 5.41) is 0. The van der Waals surface area contributed by atoms with Gasteiger partial charge in [0.2, 0.25) is 0 Å². The second-order valence-corrected chi connectivity index (χ2v) is 3.75. The van der Waals surface area contributed by atoms with Crippen molar-refractivity contribution in [2.45, 2.75) is 103 Å². The Morgan fingerprint density at radius 2 is 0.833 bits per heavy atom. The van der Waals surface area contributed by atoms with Crippen LogP contribution in [0, 0.1) is 5.92 Å². The molecule has 118 valence electrons. The Labute approximate surface area is 121 Å². The zero-order valence-electron chi connectivity index (χ0n) is 16.2. The fourth-order valence-electron chi connectivity index (χ4n) is 0. The number of hydrogen-bond acceptors (Lipinski definition) is 0. The average Bonchev–Trinajstić information content (AvgIpc) is 2.37. The predicted molar refractivity (Wildman–Crippen MR) is 95.6 cm³/mol. The van der Waals surface area contributed by atoms with E-state index in [4.69, 9.17) is 0 Å². The number of allylic oxidation sites excluding steroid dienone is 1. The van der Waals surface area contributed by atoms with Crippen LogP contribution in [0.3, 0.4) is 0 Å². The van der Waals surface area contributed by atoms with Gasteiger partial charge in [0.1, 0.15) is 0 Å². The quantitative estimate of drug-likeness (QED) is 0.418. The highest BCUT2D eigenvalue weighted by Crippen LogP contribution is 1.88. The molecular formula is C18H46. The molecule has 0 N–H and O–H groups in total. The zero-order valence-corrected chi connectivity index (χ0v) is 16.2. The van der Waals surface area contributed by atoms with E-state index in [2.05, 4.69) is 48.1 Å². The summed E-state index contributed by atoms with van der Waals surface area (Å²) in [6.07, 6.45) is 2.36. The summed E-state index contributed by atoms with van der Waals surface area (Å²) in [5.74, 6) is 0.833. The Morgan fingerprint density at radius 3 is 0.833 bits per heavy atom. The van der Waals surface area contributed by atoms with Gasteiger partial charge in [0, 0.05) is 0 Å². The molecule has 0 bridgehead atoms. The summed E-state index contributed by atoms with van der Waals surface area (Å²) < 4.78 is 0. The van der Waals surface area contributed by atoms with Crippen molar-refractivity contribution >= 4 is 0 Å². The van der Waals surface area contributed by atoms with E-state index in [0.29, 0.717) is 0 Å². The Balaban J connectivity index is -0.0000000253. The summed E-state index contributed by atoms with van der Waals surface area (Å²) in [4.78, 5) is 0. The summed E-state index contributed by atoms with van der Waals surface area (Å²) in [6.45, 7) is 30.6. The van der Waals surface area contributed by atoms with Crippen molar-refractivity contribution < 1.29 is 0 Å². The molecule has 0 aromatic rings. The van der Waals surface area contributed by atoms with E-state index in [9.17, 15) is 0 Å². The molecule has 0 aliphatic heterocycles. The van der Waals surface area contributed by atoms with Crippen LogP contribution < -0.4 is 0 Å². The average molecular weight is 263 g/mol. The molecule has 18 heavy (non-hydrogen) atoms. The first-order valence-corrected chi connectivity index (χ1v) is 8.06. The maximum atomic E-state index is 3.67. The van der Waals surface area contributed by atoms with Crippen molar-refractivity contribution in [3.8, 4) is 0 Å². The van der Waals surface area contributed by atoms with E-state index in [0.717, 1.165) is 12.3 Å². The SMILES string of the molecule is C=C(C)CC.CC.CC.CC.CC(C)C.CCC. The van der Waals surface area contributed by atoms with Crippen LogP contribution in [-0.2, 0) is 0 Å². The molecule has 0 aliphatic rings. The third kappa shape index (κ3) is 1130. The standard InChI is InChI=1S/C5H10.C4H10.C3H8.3C2H6/c1-4-5(2)3;1-4(2)3;1-3-2;3*1-2/h2,4H2,1,3H3;4H,1-3H3;3H2,1-2H3;3*1-2H3. The van der Waals surface area contributed by atoms with Crippen molar-refractivity contribution in [2.75, 3.05) is 0 Å². The van der Waals surface area contributed by atoms with Gasteiger partial charge in [0.05, 0.1) is 0 Å². The Morgan fingerprint density at radius 1 is 0.778 bits per heavy atom. The molecule has 0 amide bonds. The van der Waals surface area contributed by atoms with E-state index >= 15 is 0 Å². The third-order valence-electron chi connectivity index (χ3n) is 0.604. The van der Waals surface area contributed by atoms with Gasteiger partial charge < -0.3 is 0 Å². The Kier molecular flexibility index (Phi) is 139. The molecule has 0 spiro atoms. The van der Waals surface area contributed by atoms with Crippen molar-refractivity contribution in [3.63, 3.8) is 0 Å². The fourth-order valence-corrected chi connectivity index (χ4v) is 0. The van der Waals surface area contributed by atoms with Crippen LogP contribution >= 0.6 is 0 Å². The predicted octanol–water partition coefficient (Wildman–Crippen LogP) is 8.13. The zero-order chi connectivity index (χ0) is 16.6. The van der Waals surface area contributed by atoms with Crippen LogP contribution in [0.1, 0.15) is 103 Å². The molecule has 0 nitrogen and oxygen atoms in total. The molecule has 0 rings (SSSR count). The molecule has 0 radical (unpaired) electrons. The highest BCUT2D eigenvalue weighted by Gasteiger charge is 1.68. The van der Waals surface area contributed by atoms with Crippen molar-refractivity contribution in [2.24, 2.45) is 5.92 Å². The topological polar surface area (TPSA) is 0 Å². The first kappa shape index (κ1) is 36.1. The lowest BCUT2D eigenvalue weighted by Crippen LogP contribution is -1.66. The van der Waals surface area contributed by atoms with Crippen LogP contribution in [0.2, 0.25) is 0 Å². The minimum absolute atomic E-state index is 0.833. The van der Waals surface area contributed by atoms with Crippen molar-refractivity contribution in [1.82, 2.24) is 0 Å². The summed E-state index contributed by atoms with van der Waals surface area (Å²) >= 11 is 0. The van der Waals surface area contributed by atoms with Crippen LogP contribution in [0.15, 0.2) is 12.2 Å². The van der Waals surface area contributed by atoms with E-state index < -0.39 is 0 Å². The van der Waals surface area contributed by atoms with Crippen molar-refractivity contribution in [3.05, 3.63) is 12.2 Å². The molecular weight excluding hydrogens is 216 g/mol. The van der Waals surface area contributed by atoms with Crippen LogP contribution in [-0.4, -0.2) is 0 Å². The molecule has 0 aliphatic carbocycles. The van der Waals surface area contributed by atoms with Gasteiger partial charge in [0.25, 0.3) is 0 Å². The van der Waals surface area contributed by atoms with Crippen LogP contribution in [0.5, 0.6) is 0 Å². The molecule has 0 heterocycles. The Bertz CT molecular complexity index is 67.4. The first-order chi connectivity index (χ1) is 8.42. The normalized spacial score (nSPS) is 6.11. The van der Waals surface area contributed by atoms with Crippen molar-refractivity contribution in [1.29, 1.82) is 0 Å². The molecule has 0 unspecified atom stereocenters. The maximum absolute atomic E-state index is 3.67. The summed E-state index contributed by atoms with van der Waals surface area (Å²) in [7, 11) is 0. The smallest absolute Gasteiger partial charge is 0.0354 e. The highest BCUT2D eigenvalue weighted by molar-refractivity contribution is 4.84. The fraction of sp³-hybridized carbons (Fsp3) is 0.889. The largest absolute Gasteiger partial charge is 0.100 e. The van der Waals surface area contributed by atoms with E-state index in [-0.39, 0.29) is 0 Å². The van der Waals surface area contributed by atoms with E-state index in [1.54, 1.807) is 0 Å². The van der Waals surface area contributed by atoms with Gasteiger partial charge >= 0.3 is 0 Å². The lowest BCUT2D eigenvalue weighted by atomic mass is 10.3. The second kappa shape index (κ2) is 69.2. The van der Waals surface area contributed by atoms with E-state index in [1.807, 2.05) is 48.5 Å². The molecule has 0 aromatic heterocycles. The second-order valence-electron chi connectivity index (χ2n) is 3.75. The molecule has 0 fully saturated rings. The van der Waals surface area contributed by atoms with Gasteiger partial charge in [-0.1, -0.05) is 95.1 Å². The Hall–Kier alpha value is -0.260. The highest BCUT2D eigenvalue weighted by atomic mass is 13.7. The van der Waals surface area contributed by atoms with Gasteiger partial charge in [-0.25, -0.2) is 0 Å². The molecule has 0 saturated carbocycles. The van der Waals surface area contributed by atoms with Gasteiger partial charge in [0.15, 0.2) is 0 Å². The lowest BCUT2D eigenvalue weighted by molar-refractivity contribution is 0.737. The summed E-state index contributed by atoms with van der Waals surface area (Å²) in [6, 6.07) is 0. The van der Waals surface area contributed by atoms with Gasteiger partial charge in [-0.15, -0.1) is 6.58 Å². The van der Waals surface area contributed by atoms with E-state index in [1.165, 1.54) is 12.0 Å². The van der Waals surface area contributed by atoms with Crippen LogP contribution in [0.25, 0.3) is 0 Å². The van der Waals surface area contributed by atoms with Gasteiger partial charge in [-0.3, -0.25) is 0 Å². The molecule has 0 heteroatoms. The monoisotopic (exact) mass is 262 g/mol. The van der Waals surface area contributed by atoms with Gasteiger partial charge in [-0.2, -0.15) is 0 Å². The minimum Gasteiger partial charge on any atom is -0.100 e. The molecule has 0 atom stereocenters. The molecule has 0 saturated heterocycles. The maximum Gasteiger partial charge on any atom is -0.0354 e. The molecule has 0 aromatic carbocycles. The summed E-state index contributed by atoms with van der Waals surface area (Å²) in [5.41, 5.74) is 1.25. The number of hydrogen-bond donors (Lipinski definition) is 0. The minimum atomic E-state index is 0.833. The first-order valence-electron chi connectivity index (χ1n) is 8.06. The third-order valence-corrected chi connectivity index (χ3v) is 0.604.